The van der Waals surface area contributed by atoms with Crippen molar-refractivity contribution in [1.82, 2.24) is 5.32 Å². The summed E-state index contributed by atoms with van der Waals surface area (Å²) in [5.41, 5.74) is 0.716. The predicted molar refractivity (Wildman–Crippen MR) is 78.2 cm³/mol. The number of aliphatic carboxylic acids is 1. The molecular weight excluding hydrogens is 272 g/mol. The van der Waals surface area contributed by atoms with E-state index in [1.807, 2.05) is 18.2 Å². The van der Waals surface area contributed by atoms with E-state index < -0.39 is 5.97 Å². The Morgan fingerprint density at radius 2 is 1.90 bits per heavy atom. The lowest BCUT2D eigenvalue weighted by atomic mass is 9.92. The Hall–Kier alpha value is -2.08. The molecule has 6 heteroatoms. The minimum Gasteiger partial charge on any atom is -0.480 e. The van der Waals surface area contributed by atoms with Crippen molar-refractivity contribution in [2.24, 2.45) is 0 Å². The van der Waals surface area contributed by atoms with Crippen LogP contribution in [0, 0.1) is 0 Å². The molecule has 0 aliphatic heterocycles. The van der Waals surface area contributed by atoms with Gasteiger partial charge in [-0.1, -0.05) is 31.0 Å². The van der Waals surface area contributed by atoms with Gasteiger partial charge in [0.15, 0.2) is 0 Å². The molecule has 1 aliphatic carbocycles. The molecule has 0 bridgehead atoms. The van der Waals surface area contributed by atoms with Crippen molar-refractivity contribution in [3.05, 3.63) is 30.3 Å². The second-order valence-corrected chi connectivity index (χ2v) is 5.10. The number of hydrogen-bond donors (Lipinski definition) is 3. The van der Waals surface area contributed by atoms with E-state index in [-0.39, 0.29) is 24.8 Å². The molecule has 2 rings (SSSR count). The fourth-order valence-electron chi connectivity index (χ4n) is 2.50. The number of para-hydroxylation sites is 1. The van der Waals surface area contributed by atoms with Crippen molar-refractivity contribution in [3.8, 4) is 0 Å². The van der Waals surface area contributed by atoms with E-state index in [1.165, 1.54) is 0 Å². The summed E-state index contributed by atoms with van der Waals surface area (Å²) in [6, 6.07) is 8.72. The Kier molecular flexibility index (Phi) is 5.57. The summed E-state index contributed by atoms with van der Waals surface area (Å²) in [7, 11) is 0. The molecule has 21 heavy (non-hydrogen) atoms. The number of carboxylic acids is 1. The van der Waals surface area contributed by atoms with Gasteiger partial charge in [0, 0.05) is 5.69 Å². The van der Waals surface area contributed by atoms with Crippen molar-refractivity contribution in [2.45, 2.75) is 37.8 Å². The summed E-state index contributed by atoms with van der Waals surface area (Å²) >= 11 is 0. The third kappa shape index (κ3) is 5.07. The number of anilines is 1. The van der Waals surface area contributed by atoms with Gasteiger partial charge in [0.05, 0.1) is 12.1 Å². The molecular formula is C15H20N2O4. The second kappa shape index (κ2) is 7.64. The van der Waals surface area contributed by atoms with Crippen LogP contribution in [0.2, 0.25) is 0 Å². The SMILES string of the molecule is O=C(O)CO[C@@H]1CCCC[C@H]1NC(=O)Nc1ccccc1. The molecule has 0 aromatic heterocycles. The van der Waals surface area contributed by atoms with E-state index in [9.17, 15) is 9.59 Å². The quantitative estimate of drug-likeness (QED) is 0.776. The van der Waals surface area contributed by atoms with Gasteiger partial charge in [0.1, 0.15) is 6.61 Å². The smallest absolute Gasteiger partial charge is 0.329 e. The average molecular weight is 292 g/mol. The van der Waals surface area contributed by atoms with E-state index in [2.05, 4.69) is 10.6 Å². The van der Waals surface area contributed by atoms with Gasteiger partial charge in [0.25, 0.3) is 0 Å². The number of ether oxygens (including phenoxy) is 1. The minimum absolute atomic E-state index is 0.151. The number of urea groups is 1. The lowest BCUT2D eigenvalue weighted by Gasteiger charge is -2.31. The van der Waals surface area contributed by atoms with Gasteiger partial charge in [-0.15, -0.1) is 0 Å². The monoisotopic (exact) mass is 292 g/mol. The molecule has 0 heterocycles. The Morgan fingerprint density at radius 3 is 2.62 bits per heavy atom. The Labute approximate surface area is 123 Å². The van der Waals surface area contributed by atoms with Crippen LogP contribution < -0.4 is 10.6 Å². The summed E-state index contributed by atoms with van der Waals surface area (Å²) in [5, 5.41) is 14.3. The number of carbonyl (C=O) groups is 2. The number of hydrogen-bond acceptors (Lipinski definition) is 3. The Morgan fingerprint density at radius 1 is 1.19 bits per heavy atom. The maximum atomic E-state index is 12.0. The summed E-state index contributed by atoms with van der Waals surface area (Å²) in [6.07, 6.45) is 3.32. The predicted octanol–water partition coefficient (Wildman–Crippen LogP) is 2.22. The number of amides is 2. The van der Waals surface area contributed by atoms with Crippen LogP contribution in [-0.4, -0.2) is 35.9 Å². The summed E-state index contributed by atoms with van der Waals surface area (Å²) in [4.78, 5) is 22.6. The second-order valence-electron chi connectivity index (χ2n) is 5.10. The molecule has 1 aromatic carbocycles. The highest BCUT2D eigenvalue weighted by molar-refractivity contribution is 5.89. The summed E-state index contributed by atoms with van der Waals surface area (Å²) in [5.74, 6) is -0.993. The van der Waals surface area contributed by atoms with Crippen LogP contribution >= 0.6 is 0 Å². The molecule has 1 aliphatic rings. The molecule has 3 N–H and O–H groups in total. The molecule has 1 fully saturated rings. The van der Waals surface area contributed by atoms with E-state index in [0.29, 0.717) is 5.69 Å². The number of nitrogens with one attached hydrogen (secondary N) is 2. The molecule has 114 valence electrons. The zero-order valence-corrected chi connectivity index (χ0v) is 11.7. The number of benzene rings is 1. The van der Waals surface area contributed by atoms with Gasteiger partial charge in [-0.25, -0.2) is 9.59 Å². The molecule has 2 amide bonds. The van der Waals surface area contributed by atoms with Crippen molar-refractivity contribution < 1.29 is 19.4 Å². The van der Waals surface area contributed by atoms with E-state index in [4.69, 9.17) is 9.84 Å². The van der Waals surface area contributed by atoms with Crippen LogP contribution in [0.3, 0.4) is 0 Å². The van der Waals surface area contributed by atoms with Crippen molar-refractivity contribution in [1.29, 1.82) is 0 Å². The number of carbonyl (C=O) groups excluding carboxylic acids is 1. The van der Waals surface area contributed by atoms with Crippen LogP contribution in [0.1, 0.15) is 25.7 Å². The van der Waals surface area contributed by atoms with E-state index in [0.717, 1.165) is 25.7 Å². The van der Waals surface area contributed by atoms with Gasteiger partial charge in [-0.2, -0.15) is 0 Å². The minimum atomic E-state index is -0.993. The third-order valence-electron chi connectivity index (χ3n) is 3.47. The topological polar surface area (TPSA) is 87.7 Å². The van der Waals surface area contributed by atoms with Crippen LogP contribution in [0.5, 0.6) is 0 Å². The first-order chi connectivity index (χ1) is 10.1. The molecule has 0 spiro atoms. The molecule has 0 saturated heterocycles. The highest BCUT2D eigenvalue weighted by Gasteiger charge is 2.27. The van der Waals surface area contributed by atoms with Crippen LogP contribution in [0.25, 0.3) is 0 Å². The zero-order valence-electron chi connectivity index (χ0n) is 11.7. The zero-order chi connectivity index (χ0) is 15.1. The summed E-state index contributed by atoms with van der Waals surface area (Å²) < 4.78 is 5.37. The van der Waals surface area contributed by atoms with Gasteiger partial charge < -0.3 is 20.5 Å². The first-order valence-electron chi connectivity index (χ1n) is 7.11. The van der Waals surface area contributed by atoms with Gasteiger partial charge in [-0.05, 0) is 25.0 Å². The van der Waals surface area contributed by atoms with Crippen LogP contribution in [0.15, 0.2) is 30.3 Å². The first-order valence-corrected chi connectivity index (χ1v) is 7.11. The number of rotatable bonds is 5. The highest BCUT2D eigenvalue weighted by atomic mass is 16.5. The van der Waals surface area contributed by atoms with E-state index >= 15 is 0 Å². The summed E-state index contributed by atoms with van der Waals surface area (Å²) in [6.45, 7) is -0.330. The van der Waals surface area contributed by atoms with Crippen LogP contribution in [-0.2, 0) is 9.53 Å². The van der Waals surface area contributed by atoms with Crippen molar-refractivity contribution >= 4 is 17.7 Å². The average Bonchev–Trinajstić information content (AvgIpc) is 2.47. The standard InChI is InChI=1S/C15H20N2O4/c18-14(19)10-21-13-9-5-4-8-12(13)17-15(20)16-11-6-2-1-3-7-11/h1-3,6-7,12-13H,4-5,8-10H2,(H,18,19)(H2,16,17,20)/t12-,13-/m1/s1. The molecule has 6 nitrogen and oxygen atoms in total. The first kappa shape index (κ1) is 15.3. The Bertz CT molecular complexity index is 478. The van der Waals surface area contributed by atoms with Crippen LogP contribution in [0.4, 0.5) is 10.5 Å². The van der Waals surface area contributed by atoms with Gasteiger partial charge >= 0.3 is 12.0 Å². The molecule has 1 aromatic rings. The molecule has 1 saturated carbocycles. The number of carboxylic acid groups (broad SMARTS) is 1. The normalized spacial score (nSPS) is 21.5. The van der Waals surface area contributed by atoms with Crippen molar-refractivity contribution in [2.75, 3.05) is 11.9 Å². The molecule has 0 unspecified atom stereocenters. The lowest BCUT2D eigenvalue weighted by Crippen LogP contribution is -2.48. The molecule has 0 radical (unpaired) electrons. The van der Waals surface area contributed by atoms with Crippen molar-refractivity contribution in [3.63, 3.8) is 0 Å². The maximum Gasteiger partial charge on any atom is 0.329 e. The fourth-order valence-corrected chi connectivity index (χ4v) is 2.50. The lowest BCUT2D eigenvalue weighted by molar-refractivity contribution is -0.145. The maximum absolute atomic E-state index is 12.0. The largest absolute Gasteiger partial charge is 0.480 e. The fraction of sp³-hybridized carbons (Fsp3) is 0.467. The molecule has 2 atom stereocenters. The van der Waals surface area contributed by atoms with Gasteiger partial charge in [0.2, 0.25) is 0 Å². The Balaban J connectivity index is 1.86. The van der Waals surface area contributed by atoms with Gasteiger partial charge in [-0.3, -0.25) is 0 Å². The van der Waals surface area contributed by atoms with E-state index in [1.54, 1.807) is 12.1 Å². The highest BCUT2D eigenvalue weighted by Crippen LogP contribution is 2.21. The third-order valence-corrected chi connectivity index (χ3v) is 3.47.